The van der Waals surface area contributed by atoms with E-state index in [0.29, 0.717) is 5.82 Å². The number of aromatic nitrogens is 3. The fourth-order valence-electron chi connectivity index (χ4n) is 9.30. The first kappa shape index (κ1) is 36.0. The van der Waals surface area contributed by atoms with Gasteiger partial charge in [-0.3, -0.25) is 4.98 Å². The van der Waals surface area contributed by atoms with Crippen LogP contribution in [0.3, 0.4) is 0 Å². The lowest BCUT2D eigenvalue weighted by molar-refractivity contribution is 0.672. The van der Waals surface area contributed by atoms with E-state index in [1.807, 2.05) is 18.3 Å². The van der Waals surface area contributed by atoms with Crippen molar-refractivity contribution in [2.75, 3.05) is 0 Å². The molecule has 4 aromatic heterocycles. The molecular formula is C59H35N3O2. The van der Waals surface area contributed by atoms with Crippen LogP contribution in [0.2, 0.25) is 0 Å². The first-order valence-electron chi connectivity index (χ1n) is 21.5. The Morgan fingerprint density at radius 3 is 1.41 bits per heavy atom. The molecule has 0 amide bonds. The van der Waals surface area contributed by atoms with Crippen LogP contribution in [0.15, 0.2) is 221 Å². The van der Waals surface area contributed by atoms with Crippen molar-refractivity contribution in [1.82, 2.24) is 15.0 Å². The predicted octanol–water partition coefficient (Wildman–Crippen LogP) is 16.0. The van der Waals surface area contributed by atoms with Crippen LogP contribution in [0.4, 0.5) is 0 Å². The molecule has 0 saturated carbocycles. The third kappa shape index (κ3) is 6.05. The van der Waals surface area contributed by atoms with Crippen LogP contribution in [0.1, 0.15) is 0 Å². The summed E-state index contributed by atoms with van der Waals surface area (Å²) in [4.78, 5) is 14.8. The molecular weight excluding hydrogens is 783 g/mol. The molecule has 0 N–H and O–H groups in total. The number of furan rings is 2. The van der Waals surface area contributed by atoms with Crippen LogP contribution < -0.4 is 0 Å². The lowest BCUT2D eigenvalue weighted by Crippen LogP contribution is -1.96. The highest BCUT2D eigenvalue weighted by atomic mass is 16.3. The van der Waals surface area contributed by atoms with E-state index in [1.165, 1.54) is 0 Å². The molecule has 0 aliphatic rings. The van der Waals surface area contributed by atoms with Crippen molar-refractivity contribution in [2.45, 2.75) is 0 Å². The van der Waals surface area contributed by atoms with E-state index in [0.717, 1.165) is 127 Å². The lowest BCUT2D eigenvalue weighted by atomic mass is 9.93. The van der Waals surface area contributed by atoms with Gasteiger partial charge in [0.2, 0.25) is 0 Å². The molecule has 0 aliphatic heterocycles. The Kier molecular flexibility index (Phi) is 8.15. The van der Waals surface area contributed by atoms with Crippen LogP contribution >= 0.6 is 0 Å². The Balaban J connectivity index is 1.02. The van der Waals surface area contributed by atoms with E-state index < -0.39 is 0 Å². The third-order valence-corrected chi connectivity index (χ3v) is 12.6. The highest BCUT2D eigenvalue weighted by Crippen LogP contribution is 2.41. The minimum atomic E-state index is 0.651. The number of hydrogen-bond acceptors (Lipinski definition) is 5. The van der Waals surface area contributed by atoms with E-state index in [9.17, 15) is 0 Å². The van der Waals surface area contributed by atoms with Gasteiger partial charge in [0.15, 0.2) is 5.82 Å². The summed E-state index contributed by atoms with van der Waals surface area (Å²) in [7, 11) is 0. The van der Waals surface area contributed by atoms with Gasteiger partial charge >= 0.3 is 0 Å². The average molecular weight is 818 g/mol. The number of benzene rings is 9. The summed E-state index contributed by atoms with van der Waals surface area (Å²) in [5.41, 5.74) is 14.6. The SMILES string of the molecule is c1ccc(-c2cc(-c3cc(-c4ccc5oc6c7ccccc7ccc6c5c4)cc(-c4ccc5oc6c7ccccc7ccc6c5c4)c3)nc(-c3ccc(-c4cccnc4)cc3)n2)cc1. The first-order valence-corrected chi connectivity index (χ1v) is 21.5. The summed E-state index contributed by atoms with van der Waals surface area (Å²) in [5.74, 6) is 0.651. The van der Waals surface area contributed by atoms with Crippen molar-refractivity contribution < 1.29 is 8.83 Å². The Labute approximate surface area is 367 Å². The molecule has 0 bridgehead atoms. The van der Waals surface area contributed by atoms with Gasteiger partial charge in [-0.05, 0) is 111 Å². The van der Waals surface area contributed by atoms with E-state index in [1.54, 1.807) is 6.20 Å². The molecule has 0 fully saturated rings. The number of hydrogen-bond donors (Lipinski definition) is 0. The molecule has 4 heterocycles. The molecule has 0 radical (unpaired) electrons. The normalized spacial score (nSPS) is 11.8. The van der Waals surface area contributed by atoms with Crippen LogP contribution in [0.25, 0.3) is 133 Å². The zero-order chi connectivity index (χ0) is 42.1. The highest BCUT2D eigenvalue weighted by Gasteiger charge is 2.18. The maximum absolute atomic E-state index is 6.55. The first-order chi connectivity index (χ1) is 31.7. The Morgan fingerprint density at radius 1 is 0.297 bits per heavy atom. The zero-order valence-corrected chi connectivity index (χ0v) is 34.4. The van der Waals surface area contributed by atoms with Gasteiger partial charge in [-0.15, -0.1) is 0 Å². The minimum absolute atomic E-state index is 0.651. The van der Waals surface area contributed by atoms with Gasteiger partial charge in [0, 0.05) is 61.4 Å². The van der Waals surface area contributed by atoms with Crippen molar-refractivity contribution in [2.24, 2.45) is 0 Å². The van der Waals surface area contributed by atoms with Crippen LogP contribution in [-0.4, -0.2) is 15.0 Å². The second kappa shape index (κ2) is 14.5. The van der Waals surface area contributed by atoms with Gasteiger partial charge in [-0.25, -0.2) is 9.97 Å². The number of rotatable bonds is 6. The fourth-order valence-corrected chi connectivity index (χ4v) is 9.30. The summed E-state index contributed by atoms with van der Waals surface area (Å²) < 4.78 is 13.1. The average Bonchev–Trinajstić information content (AvgIpc) is 3.95. The van der Waals surface area contributed by atoms with Gasteiger partial charge in [-0.2, -0.15) is 0 Å². The molecule has 5 heteroatoms. The van der Waals surface area contributed by atoms with Crippen molar-refractivity contribution in [3.8, 4) is 67.3 Å². The number of fused-ring (bicyclic) bond motifs is 10. The van der Waals surface area contributed by atoms with Gasteiger partial charge in [0.1, 0.15) is 22.3 Å². The van der Waals surface area contributed by atoms with Crippen LogP contribution in [0, 0.1) is 0 Å². The molecule has 64 heavy (non-hydrogen) atoms. The van der Waals surface area contributed by atoms with E-state index >= 15 is 0 Å². The van der Waals surface area contributed by atoms with Gasteiger partial charge < -0.3 is 8.83 Å². The smallest absolute Gasteiger partial charge is 0.160 e. The standard InChI is InChI=1S/C59H35N3O2/c1-2-11-39(12-3-1)53-34-54(62-59(61-53)40-18-16-36(17-19-40)43-13-8-28-60-35-43)46-30-44(41-22-26-55-51(32-41)49-24-20-37-9-4-6-14-47(37)57(49)63-55)29-45(31-46)42-23-27-56-52(33-42)50-25-21-38-10-5-7-15-48(38)58(50)64-56/h1-35H. The summed E-state index contributed by atoms with van der Waals surface area (Å²) >= 11 is 0. The third-order valence-electron chi connectivity index (χ3n) is 12.6. The monoisotopic (exact) mass is 817 g/mol. The molecule has 0 spiro atoms. The quantitative estimate of drug-likeness (QED) is 0.167. The van der Waals surface area contributed by atoms with Gasteiger partial charge in [-0.1, -0.05) is 133 Å². The fraction of sp³-hybridized carbons (Fsp3) is 0. The van der Waals surface area contributed by atoms with E-state index in [-0.39, 0.29) is 0 Å². The highest BCUT2D eigenvalue weighted by molar-refractivity contribution is 6.17. The largest absolute Gasteiger partial charge is 0.455 e. The molecule has 13 rings (SSSR count). The van der Waals surface area contributed by atoms with Crippen molar-refractivity contribution >= 4 is 65.4 Å². The molecule has 0 saturated heterocycles. The lowest BCUT2D eigenvalue weighted by Gasteiger charge is -2.14. The van der Waals surface area contributed by atoms with Crippen molar-refractivity contribution in [3.05, 3.63) is 213 Å². The maximum Gasteiger partial charge on any atom is 0.160 e. The van der Waals surface area contributed by atoms with Crippen molar-refractivity contribution in [3.63, 3.8) is 0 Å². The molecule has 0 atom stereocenters. The second-order valence-corrected chi connectivity index (χ2v) is 16.4. The molecule has 0 unspecified atom stereocenters. The summed E-state index contributed by atoms with van der Waals surface area (Å²) in [6.07, 6.45) is 3.68. The van der Waals surface area contributed by atoms with Gasteiger partial charge in [0.05, 0.1) is 11.4 Å². The Hall–Kier alpha value is -8.67. The summed E-state index contributed by atoms with van der Waals surface area (Å²) in [6.45, 7) is 0. The molecule has 9 aromatic carbocycles. The second-order valence-electron chi connectivity index (χ2n) is 16.4. The number of nitrogens with zero attached hydrogens (tertiary/aromatic N) is 3. The minimum Gasteiger partial charge on any atom is -0.455 e. The predicted molar refractivity (Wildman–Crippen MR) is 262 cm³/mol. The Bertz CT molecular complexity index is 3770. The molecule has 5 nitrogen and oxygen atoms in total. The van der Waals surface area contributed by atoms with Crippen LogP contribution in [-0.2, 0) is 0 Å². The summed E-state index contributed by atoms with van der Waals surface area (Å²) in [5, 5.41) is 8.88. The Morgan fingerprint density at radius 2 is 0.812 bits per heavy atom. The van der Waals surface area contributed by atoms with Crippen LogP contribution in [0.5, 0.6) is 0 Å². The maximum atomic E-state index is 6.55. The number of pyridine rings is 1. The van der Waals surface area contributed by atoms with Gasteiger partial charge in [0.25, 0.3) is 0 Å². The molecule has 298 valence electrons. The molecule has 13 aromatic rings. The van der Waals surface area contributed by atoms with E-state index in [2.05, 4.69) is 193 Å². The summed E-state index contributed by atoms with van der Waals surface area (Å²) in [6, 6.07) is 70.3. The van der Waals surface area contributed by atoms with Crippen molar-refractivity contribution in [1.29, 1.82) is 0 Å². The van der Waals surface area contributed by atoms with E-state index in [4.69, 9.17) is 18.8 Å². The zero-order valence-electron chi connectivity index (χ0n) is 34.4. The topological polar surface area (TPSA) is 65.0 Å². The molecule has 0 aliphatic carbocycles.